The van der Waals surface area contributed by atoms with Crippen LogP contribution < -0.4 is 4.74 Å². The van der Waals surface area contributed by atoms with Crippen molar-refractivity contribution in [3.05, 3.63) is 52.5 Å². The van der Waals surface area contributed by atoms with Crippen LogP contribution in [0, 0.1) is 12.3 Å². The molecule has 0 radical (unpaired) electrons. The van der Waals surface area contributed by atoms with E-state index in [1.807, 2.05) is 31.2 Å². The third-order valence-corrected chi connectivity index (χ3v) is 5.92. The molecule has 8 heteroatoms. The van der Waals surface area contributed by atoms with E-state index < -0.39 is 37.1 Å². The molecule has 0 aliphatic carbocycles. The first-order valence-corrected chi connectivity index (χ1v) is 11.2. The number of benzene rings is 2. The van der Waals surface area contributed by atoms with E-state index in [-0.39, 0.29) is 6.61 Å². The highest BCUT2D eigenvalue weighted by Crippen LogP contribution is 2.39. The summed E-state index contributed by atoms with van der Waals surface area (Å²) in [5.41, 5.74) is 2.82. The van der Waals surface area contributed by atoms with Gasteiger partial charge in [0, 0.05) is 10.6 Å². The van der Waals surface area contributed by atoms with Crippen LogP contribution in [0.5, 0.6) is 5.75 Å². The van der Waals surface area contributed by atoms with Gasteiger partial charge in [-0.15, -0.1) is 6.42 Å². The second kappa shape index (κ2) is 11.8. The quantitative estimate of drug-likeness (QED) is 0.324. The van der Waals surface area contributed by atoms with Crippen molar-refractivity contribution in [1.82, 2.24) is 0 Å². The molecule has 7 nitrogen and oxygen atoms in total. The minimum absolute atomic E-state index is 0.160. The van der Waals surface area contributed by atoms with Crippen molar-refractivity contribution in [3.63, 3.8) is 0 Å². The summed E-state index contributed by atoms with van der Waals surface area (Å²) in [6, 6.07) is 11.0. The van der Waals surface area contributed by atoms with Gasteiger partial charge in [-0.3, -0.25) is 0 Å². The smallest absolute Gasteiger partial charge is 0.119 e. The summed E-state index contributed by atoms with van der Waals surface area (Å²) in [5.74, 6) is 3.14. The van der Waals surface area contributed by atoms with Crippen LogP contribution in [0.2, 0.25) is 5.02 Å². The second-order valence-electron chi connectivity index (χ2n) is 7.74. The van der Waals surface area contributed by atoms with Crippen molar-refractivity contribution in [2.75, 3.05) is 26.4 Å². The Morgan fingerprint density at radius 1 is 1.09 bits per heavy atom. The zero-order valence-electron chi connectivity index (χ0n) is 18.4. The number of halogens is 1. The number of hydrogen-bond acceptors (Lipinski definition) is 7. The van der Waals surface area contributed by atoms with Crippen molar-refractivity contribution in [3.8, 4) is 29.2 Å². The first kappa shape index (κ1) is 25.5. The number of hydrogen-bond donors (Lipinski definition) is 4. The molecular formula is C25H29ClO7. The minimum Gasteiger partial charge on any atom is -0.494 e. The number of rotatable bonds is 9. The van der Waals surface area contributed by atoms with Gasteiger partial charge in [-0.2, -0.15) is 0 Å². The number of aliphatic hydroxyl groups excluding tert-OH is 4. The maximum atomic E-state index is 10.7. The fourth-order valence-corrected chi connectivity index (χ4v) is 4.20. The van der Waals surface area contributed by atoms with Gasteiger partial charge in [0.25, 0.3) is 0 Å². The molecule has 0 spiro atoms. The summed E-state index contributed by atoms with van der Waals surface area (Å²) in [6.07, 6.45) is -0.707. The minimum atomic E-state index is -1.49. The van der Waals surface area contributed by atoms with Crippen molar-refractivity contribution >= 4 is 11.6 Å². The van der Waals surface area contributed by atoms with Crippen LogP contribution in [0.4, 0.5) is 0 Å². The van der Waals surface area contributed by atoms with E-state index in [4.69, 9.17) is 32.2 Å². The lowest BCUT2D eigenvalue weighted by Crippen LogP contribution is -2.55. The highest BCUT2D eigenvalue weighted by molar-refractivity contribution is 6.33. The summed E-state index contributed by atoms with van der Waals surface area (Å²) in [7, 11) is 0. The van der Waals surface area contributed by atoms with Gasteiger partial charge in [-0.25, -0.2) is 0 Å². The summed E-state index contributed by atoms with van der Waals surface area (Å²) in [6.45, 7) is 2.42. The Kier molecular flexibility index (Phi) is 9.12. The molecule has 4 N–H and O–H groups in total. The predicted octanol–water partition coefficient (Wildman–Crippen LogP) is 2.11. The molecule has 178 valence electrons. The Morgan fingerprint density at radius 2 is 1.82 bits per heavy atom. The molecule has 1 heterocycles. The molecule has 1 aliphatic rings. The molecule has 0 bridgehead atoms. The van der Waals surface area contributed by atoms with Crippen LogP contribution in [-0.4, -0.2) is 71.3 Å². The molecule has 33 heavy (non-hydrogen) atoms. The standard InChI is InChI=1S/C25H29ClO7/c1-3-10-31-11-9-16-12-20(26)18(15-5-7-17(8-6-15)32-4-2)13-19(16)25-24(30)23(29)22(28)21(14-27)33-25/h1,5-8,12-13,21-25,27-30H,4,9-11,14H2,2H3/t21-,22-,23+,24-,25+/m1/s1. The van der Waals surface area contributed by atoms with Crippen molar-refractivity contribution in [2.45, 2.75) is 43.9 Å². The molecule has 2 aromatic rings. The van der Waals surface area contributed by atoms with Gasteiger partial charge in [-0.1, -0.05) is 29.7 Å². The lowest BCUT2D eigenvalue weighted by Gasteiger charge is -2.41. The summed E-state index contributed by atoms with van der Waals surface area (Å²) in [5, 5.41) is 41.3. The molecule has 1 fully saturated rings. The maximum absolute atomic E-state index is 10.7. The van der Waals surface area contributed by atoms with E-state index in [1.165, 1.54) is 0 Å². The fourth-order valence-electron chi connectivity index (χ4n) is 3.90. The predicted molar refractivity (Wildman–Crippen MR) is 124 cm³/mol. The normalized spacial score (nSPS) is 24.9. The largest absolute Gasteiger partial charge is 0.494 e. The second-order valence-corrected chi connectivity index (χ2v) is 8.15. The molecule has 1 aliphatic heterocycles. The monoisotopic (exact) mass is 476 g/mol. The van der Waals surface area contributed by atoms with Crippen molar-refractivity contribution < 1.29 is 34.6 Å². The van der Waals surface area contributed by atoms with Crippen LogP contribution in [-0.2, 0) is 15.9 Å². The molecule has 5 atom stereocenters. The van der Waals surface area contributed by atoms with Crippen LogP contribution in [0.15, 0.2) is 36.4 Å². The van der Waals surface area contributed by atoms with Gasteiger partial charge in [0.05, 0.1) is 19.8 Å². The molecule has 0 unspecified atom stereocenters. The molecular weight excluding hydrogens is 448 g/mol. The zero-order valence-corrected chi connectivity index (χ0v) is 19.1. The van der Waals surface area contributed by atoms with E-state index in [0.29, 0.717) is 35.8 Å². The molecule has 0 saturated carbocycles. The van der Waals surface area contributed by atoms with Gasteiger partial charge in [0.15, 0.2) is 0 Å². The maximum Gasteiger partial charge on any atom is 0.119 e. The highest BCUT2D eigenvalue weighted by Gasteiger charge is 2.44. The van der Waals surface area contributed by atoms with E-state index in [9.17, 15) is 20.4 Å². The van der Waals surface area contributed by atoms with E-state index in [0.717, 1.165) is 16.9 Å². The number of ether oxygens (including phenoxy) is 3. The van der Waals surface area contributed by atoms with Gasteiger partial charge in [0.1, 0.15) is 42.9 Å². The Hall–Kier alpha value is -2.15. The Bertz CT molecular complexity index is 954. The average Bonchev–Trinajstić information content (AvgIpc) is 2.82. The first-order valence-electron chi connectivity index (χ1n) is 10.8. The fraction of sp³-hybridized carbons (Fsp3) is 0.440. The van der Waals surface area contributed by atoms with Crippen LogP contribution >= 0.6 is 11.6 Å². The summed E-state index contributed by atoms with van der Waals surface area (Å²) < 4.78 is 16.7. The van der Waals surface area contributed by atoms with E-state index in [1.54, 1.807) is 12.1 Å². The Balaban J connectivity index is 2.02. The lowest BCUT2D eigenvalue weighted by atomic mass is 9.87. The Labute approximate surface area is 198 Å². The summed E-state index contributed by atoms with van der Waals surface area (Å²) >= 11 is 6.62. The topological polar surface area (TPSA) is 109 Å². The highest BCUT2D eigenvalue weighted by atomic mass is 35.5. The average molecular weight is 477 g/mol. The van der Waals surface area contributed by atoms with E-state index in [2.05, 4.69) is 5.92 Å². The molecule has 2 aromatic carbocycles. The first-order chi connectivity index (χ1) is 15.9. The number of aliphatic hydroxyl groups is 4. The van der Waals surface area contributed by atoms with Crippen molar-refractivity contribution in [2.24, 2.45) is 0 Å². The zero-order chi connectivity index (χ0) is 24.0. The van der Waals surface area contributed by atoms with Gasteiger partial charge < -0.3 is 34.6 Å². The molecule has 0 amide bonds. The SMILES string of the molecule is C#CCOCCc1cc(Cl)c(-c2ccc(OCC)cc2)cc1[C@@H]1O[C@H](CO)[C@@H](O)[C@H](O)[C@H]1O. The Morgan fingerprint density at radius 3 is 2.45 bits per heavy atom. The van der Waals surface area contributed by atoms with E-state index >= 15 is 0 Å². The lowest BCUT2D eigenvalue weighted by molar-refractivity contribution is -0.231. The molecule has 1 saturated heterocycles. The van der Waals surface area contributed by atoms with Gasteiger partial charge in [-0.05, 0) is 54.3 Å². The van der Waals surface area contributed by atoms with Gasteiger partial charge >= 0.3 is 0 Å². The third-order valence-electron chi connectivity index (χ3n) is 5.61. The van der Waals surface area contributed by atoms with Crippen molar-refractivity contribution in [1.29, 1.82) is 0 Å². The summed E-state index contributed by atoms with van der Waals surface area (Å²) in [4.78, 5) is 0. The molecule has 3 rings (SSSR count). The van der Waals surface area contributed by atoms with Crippen LogP contribution in [0.3, 0.4) is 0 Å². The van der Waals surface area contributed by atoms with Crippen LogP contribution in [0.1, 0.15) is 24.2 Å². The van der Waals surface area contributed by atoms with Gasteiger partial charge in [0.2, 0.25) is 0 Å². The third kappa shape index (κ3) is 5.86. The number of terminal acetylenes is 1. The molecule has 0 aromatic heterocycles. The van der Waals surface area contributed by atoms with Crippen LogP contribution in [0.25, 0.3) is 11.1 Å².